The summed E-state index contributed by atoms with van der Waals surface area (Å²) in [5.74, 6) is 0.0605. The number of fused-ring (bicyclic) bond motifs is 1. The lowest BCUT2D eigenvalue weighted by Gasteiger charge is -2.05. The smallest absolute Gasteiger partial charge is 0.163 e. The highest BCUT2D eigenvalue weighted by molar-refractivity contribution is 6.30. The summed E-state index contributed by atoms with van der Waals surface area (Å²) < 4.78 is 16.0. The second-order valence-corrected chi connectivity index (χ2v) is 7.14. The molecule has 5 nitrogen and oxygen atoms in total. The molecule has 0 fully saturated rings. The van der Waals surface area contributed by atoms with Crippen LogP contribution in [0.1, 0.15) is 5.69 Å². The van der Waals surface area contributed by atoms with E-state index in [1.807, 2.05) is 53.4 Å². The van der Waals surface area contributed by atoms with E-state index >= 15 is 0 Å². The molecule has 3 aromatic rings. The van der Waals surface area contributed by atoms with Gasteiger partial charge in [-0.1, -0.05) is 35.9 Å². The summed E-state index contributed by atoms with van der Waals surface area (Å²) in [5.41, 5.74) is 4.64. The van der Waals surface area contributed by atoms with Gasteiger partial charge in [0.15, 0.2) is 5.82 Å². The first-order chi connectivity index (χ1) is 14.2. The number of hydrogen-bond donors (Lipinski definition) is 1. The number of rotatable bonds is 4. The minimum absolute atomic E-state index is 0.331. The number of H-pyrrole nitrogens is 1. The van der Waals surface area contributed by atoms with Gasteiger partial charge in [0.05, 0.1) is 29.2 Å². The molecular weight excluding hydrogens is 389 g/mol. The summed E-state index contributed by atoms with van der Waals surface area (Å²) in [6, 6.07) is 18.0. The van der Waals surface area contributed by atoms with Crippen molar-refractivity contribution in [3.8, 4) is 34.0 Å². The van der Waals surface area contributed by atoms with Crippen molar-refractivity contribution in [2.24, 2.45) is 0 Å². The van der Waals surface area contributed by atoms with Crippen LogP contribution in [0.3, 0.4) is 0 Å². The molecule has 0 atom stereocenters. The molecule has 0 saturated heterocycles. The van der Waals surface area contributed by atoms with E-state index in [0.717, 1.165) is 22.6 Å². The Hall–Kier alpha value is -3.51. The fourth-order valence-electron chi connectivity index (χ4n) is 3.22. The average Bonchev–Trinajstić information content (AvgIpc) is 3.35. The zero-order valence-electron chi connectivity index (χ0n) is 15.2. The van der Waals surface area contributed by atoms with Crippen molar-refractivity contribution in [2.75, 3.05) is 0 Å². The largest absolute Gasteiger partial charge is 0.346 e. The predicted octanol–water partition coefficient (Wildman–Crippen LogP) is 5.28. The van der Waals surface area contributed by atoms with Gasteiger partial charge < -0.3 is 4.57 Å². The molecule has 1 N–H and O–H groups in total. The quantitative estimate of drug-likeness (QED) is 0.444. The lowest BCUT2D eigenvalue weighted by atomic mass is 10.1. The van der Waals surface area contributed by atoms with Crippen molar-refractivity contribution in [1.82, 2.24) is 24.7 Å². The fourth-order valence-corrected chi connectivity index (χ4v) is 3.35. The molecule has 1 aromatic heterocycles. The zero-order chi connectivity index (χ0) is 19.8. The predicted molar refractivity (Wildman–Crippen MR) is 110 cm³/mol. The van der Waals surface area contributed by atoms with Crippen LogP contribution >= 0.6 is 11.6 Å². The first kappa shape index (κ1) is 17.6. The average molecular weight is 404 g/mol. The maximum absolute atomic E-state index is 14.0. The minimum atomic E-state index is -0.331. The molecule has 0 radical (unpaired) electrons. The highest BCUT2D eigenvalue weighted by Gasteiger charge is 2.15. The minimum Gasteiger partial charge on any atom is -0.346 e. The number of pyridine rings is 1. The van der Waals surface area contributed by atoms with E-state index in [2.05, 4.69) is 20.2 Å². The van der Waals surface area contributed by atoms with E-state index < -0.39 is 0 Å². The Morgan fingerprint density at radius 3 is 2.55 bits per heavy atom. The van der Waals surface area contributed by atoms with Gasteiger partial charge in [-0.3, -0.25) is 5.10 Å². The maximum Gasteiger partial charge on any atom is 0.163 e. The molecule has 0 unspecified atom stereocenters. The van der Waals surface area contributed by atoms with Gasteiger partial charge in [-0.2, -0.15) is 5.10 Å². The molecule has 0 saturated carbocycles. The molecule has 142 valence electrons. The highest BCUT2D eigenvalue weighted by atomic mass is 35.5. The van der Waals surface area contributed by atoms with Crippen LogP contribution < -0.4 is 0 Å². The second-order valence-electron chi connectivity index (χ2n) is 6.70. The number of hydrogen-bond acceptors (Lipinski definition) is 3. The number of halogens is 2. The van der Waals surface area contributed by atoms with Crippen molar-refractivity contribution < 1.29 is 4.39 Å². The molecule has 3 heterocycles. The van der Waals surface area contributed by atoms with Crippen LogP contribution in [-0.2, 0) is 6.54 Å². The summed E-state index contributed by atoms with van der Waals surface area (Å²) in [5, 5.41) is 8.13. The summed E-state index contributed by atoms with van der Waals surface area (Å²) in [7, 11) is 0. The monoisotopic (exact) mass is 403 g/mol. The van der Waals surface area contributed by atoms with Gasteiger partial charge in [0, 0.05) is 23.0 Å². The number of aromatic amines is 1. The summed E-state index contributed by atoms with van der Waals surface area (Å²) >= 11 is 5.95. The van der Waals surface area contributed by atoms with Crippen LogP contribution in [0.25, 0.3) is 34.0 Å². The third-order valence-corrected chi connectivity index (χ3v) is 4.92. The second kappa shape index (κ2) is 7.14. The summed E-state index contributed by atoms with van der Waals surface area (Å²) in [6.45, 7) is 0.596. The van der Waals surface area contributed by atoms with Gasteiger partial charge >= 0.3 is 0 Å². The normalized spacial score (nSPS) is 11.2. The van der Waals surface area contributed by atoms with Crippen LogP contribution in [0, 0.1) is 5.82 Å². The third kappa shape index (κ3) is 3.50. The first-order valence-corrected chi connectivity index (χ1v) is 9.42. The Balaban J connectivity index is 1.41. The molecule has 29 heavy (non-hydrogen) atoms. The SMILES string of the molecule is Fc1ccccc1-c1nc2ccn(Cc3cc(-c4ccc(Cl)cc4)n[nH]3)cc-2n1. The Morgan fingerprint density at radius 1 is 0.931 bits per heavy atom. The lowest BCUT2D eigenvalue weighted by Crippen LogP contribution is -2.01. The number of nitrogens with zero attached hydrogens (tertiary/aromatic N) is 4. The van der Waals surface area contributed by atoms with E-state index in [0.29, 0.717) is 28.6 Å². The van der Waals surface area contributed by atoms with Crippen molar-refractivity contribution in [1.29, 1.82) is 0 Å². The van der Waals surface area contributed by atoms with Crippen molar-refractivity contribution in [3.63, 3.8) is 0 Å². The Bertz CT molecular complexity index is 1260. The molecule has 5 rings (SSSR count). The van der Waals surface area contributed by atoms with Crippen LogP contribution in [0.4, 0.5) is 4.39 Å². The topological polar surface area (TPSA) is 59.4 Å². The molecule has 7 heteroatoms. The van der Waals surface area contributed by atoms with Crippen LogP contribution in [0.15, 0.2) is 73.1 Å². The fraction of sp³-hybridized carbons (Fsp3) is 0.0455. The van der Waals surface area contributed by atoms with Gasteiger partial charge in [0.25, 0.3) is 0 Å². The van der Waals surface area contributed by atoms with Gasteiger partial charge in [-0.25, -0.2) is 14.4 Å². The number of nitrogens with one attached hydrogen (secondary N) is 1. The van der Waals surface area contributed by atoms with Crippen LogP contribution in [0.2, 0.25) is 5.02 Å². The summed E-state index contributed by atoms with van der Waals surface area (Å²) in [6.07, 6.45) is 3.82. The van der Waals surface area contributed by atoms with Crippen molar-refractivity contribution in [2.45, 2.75) is 6.54 Å². The maximum atomic E-state index is 14.0. The molecule has 0 spiro atoms. The standard InChI is InChI=1S/C22H15ClFN5/c23-15-7-5-14(6-8-15)20-11-16(27-28-20)12-29-10-9-19-21(13-29)26-22(25-19)17-3-1-2-4-18(17)24/h1-11,13H,12H2,(H,27,28). The first-order valence-electron chi connectivity index (χ1n) is 9.04. The van der Waals surface area contributed by atoms with E-state index in [-0.39, 0.29) is 5.82 Å². The van der Waals surface area contributed by atoms with E-state index in [1.165, 1.54) is 6.07 Å². The molecule has 0 aliphatic carbocycles. The molecular formula is C22H15ClFN5. The highest BCUT2D eigenvalue weighted by Crippen LogP contribution is 2.26. The Morgan fingerprint density at radius 2 is 1.72 bits per heavy atom. The summed E-state index contributed by atoms with van der Waals surface area (Å²) in [4.78, 5) is 8.94. The van der Waals surface area contributed by atoms with E-state index in [4.69, 9.17) is 11.6 Å². The van der Waals surface area contributed by atoms with Crippen molar-refractivity contribution in [3.05, 3.63) is 89.6 Å². The number of aromatic nitrogens is 5. The van der Waals surface area contributed by atoms with Gasteiger partial charge in [0.1, 0.15) is 11.5 Å². The Labute approximate surface area is 171 Å². The van der Waals surface area contributed by atoms with Crippen molar-refractivity contribution >= 4 is 11.6 Å². The molecule has 2 aliphatic heterocycles. The van der Waals surface area contributed by atoms with E-state index in [1.54, 1.807) is 18.2 Å². The molecule has 0 amide bonds. The number of benzene rings is 2. The number of imidazole rings is 1. The van der Waals surface area contributed by atoms with Crippen LogP contribution in [-0.4, -0.2) is 24.7 Å². The van der Waals surface area contributed by atoms with E-state index in [9.17, 15) is 4.39 Å². The van der Waals surface area contributed by atoms with Gasteiger partial charge in [-0.05, 0) is 36.4 Å². The molecule has 2 aliphatic rings. The van der Waals surface area contributed by atoms with Gasteiger partial charge in [-0.15, -0.1) is 0 Å². The molecule has 2 aromatic carbocycles. The molecule has 0 bridgehead atoms. The lowest BCUT2D eigenvalue weighted by molar-refractivity contribution is 0.630. The van der Waals surface area contributed by atoms with Gasteiger partial charge in [0.2, 0.25) is 0 Å². The third-order valence-electron chi connectivity index (χ3n) is 4.67. The zero-order valence-corrected chi connectivity index (χ0v) is 15.9. The van der Waals surface area contributed by atoms with Crippen LogP contribution in [0.5, 0.6) is 0 Å². The Kier molecular flexibility index (Phi) is 4.33.